The Morgan fingerprint density at radius 3 is 0.692 bits per heavy atom. The first kappa shape index (κ1) is 53.6. The van der Waals surface area contributed by atoms with Crippen molar-refractivity contribution in [1.82, 2.24) is 0 Å². The minimum atomic E-state index is -7.43. The summed E-state index contributed by atoms with van der Waals surface area (Å²) in [6, 6.07) is 0. The van der Waals surface area contributed by atoms with Gasteiger partial charge in [0, 0.05) is 5.56 Å². The quantitative estimate of drug-likeness (QED) is 0.0406. The molecule has 20 N–H and O–H groups in total. The van der Waals surface area contributed by atoms with Crippen LogP contribution in [0.2, 0.25) is 6.82 Å². The van der Waals surface area contributed by atoms with Crippen LogP contribution in [0.4, 0.5) is 0 Å². The Bertz CT molecular complexity index is 1770. The fraction of sp³-hybridized carbons (Fsp3) is 1.00. The Labute approximate surface area is 290 Å². The number of hydrogen-bond acceptors (Lipinski definition) is 10. The van der Waals surface area contributed by atoms with E-state index < -0.39 is 133 Å². The van der Waals surface area contributed by atoms with E-state index in [0.29, 0.717) is 6.82 Å². The molecule has 9 atom stereocenters. The average molecular weight is 967 g/mol. The summed E-state index contributed by atoms with van der Waals surface area (Å²) < 4.78 is 126. The maximum Gasteiger partial charge on any atom is 0.330 e. The molecule has 0 fully saturated rings. The molecular weight excluding hydrogens is 933 g/mol. The third kappa shape index (κ3) is 14.7. The van der Waals surface area contributed by atoms with Crippen LogP contribution in [0.3, 0.4) is 0 Å². The standard InChI is InChI=1S/C11H34BO30P10/c1-12-11(52(40,41)42)10(51(37,38)39)9(50(34,35)36)8(49(31,32)33)7(48(28,29)30)6(47(25,26)27)5(46(22,23)24)4(45(19,20)21)3(44(16,17)18)2-43(13,14)15/h3-11H,2H2,1H3,(H2,13,14,15)(H2,16,17,18)(H2,19,20,21)(H2,22,23,24)(H2,25,26,27)(H2,28,29,30)(H2,31,32,33)(H2,34,35,36)(H2,37,38,39)(H2,40,41,42). The third-order valence-corrected chi connectivity index (χ3v) is 22.9. The number of rotatable bonds is 20. The van der Waals surface area contributed by atoms with Crippen LogP contribution >= 0.6 is 76.0 Å². The highest BCUT2D eigenvalue weighted by atomic mass is 31.2. The van der Waals surface area contributed by atoms with Crippen molar-refractivity contribution < 1.29 is 144 Å². The van der Waals surface area contributed by atoms with Crippen LogP contribution in [-0.4, -0.2) is 162 Å². The van der Waals surface area contributed by atoms with Gasteiger partial charge in [0.2, 0.25) is 0 Å². The predicted octanol–water partition coefficient (Wildman–Crippen LogP) is -4.21. The van der Waals surface area contributed by atoms with E-state index in [0.717, 1.165) is 0 Å². The van der Waals surface area contributed by atoms with Crippen LogP contribution in [-0.2, 0) is 45.7 Å². The molecule has 0 aromatic heterocycles. The second-order valence-corrected chi connectivity index (χ2v) is 28.7. The molecule has 0 saturated carbocycles. The molecule has 52 heavy (non-hydrogen) atoms. The lowest BCUT2D eigenvalue weighted by Gasteiger charge is -2.46. The van der Waals surface area contributed by atoms with Crippen molar-refractivity contribution in [3.8, 4) is 0 Å². The molecule has 0 aromatic rings. The molecule has 0 aliphatic carbocycles. The first-order valence-electron chi connectivity index (χ1n) is 12.5. The van der Waals surface area contributed by atoms with Gasteiger partial charge in [0.15, 0.2) is 0 Å². The van der Waals surface area contributed by atoms with Gasteiger partial charge in [-0.25, -0.2) is 0 Å². The minimum Gasteiger partial charge on any atom is -0.325 e. The first-order valence-corrected chi connectivity index (χ1v) is 29.4. The second kappa shape index (κ2) is 17.0. The Kier molecular flexibility index (Phi) is 17.6. The SMILES string of the molecule is C[B]C(C(C(C(C(C(C(C(C(CP(=O)(O)O)P(=O)(O)O)P(=O)(O)O)P(=O)(O)O)P(=O)(O)O)P(=O)(O)O)P(=O)(O)O)P(=O)(O)O)P(=O)(O)O)P(=O)(O)O. The lowest BCUT2D eigenvalue weighted by atomic mass is 9.74. The van der Waals surface area contributed by atoms with E-state index in [9.17, 15) is 144 Å². The zero-order chi connectivity index (χ0) is 42.6. The molecule has 0 bridgehead atoms. The van der Waals surface area contributed by atoms with Gasteiger partial charge in [-0.2, -0.15) is 0 Å². The topological polar surface area (TPSA) is 575 Å². The summed E-state index contributed by atoms with van der Waals surface area (Å²) in [5.41, 5.74) is -38.7. The monoisotopic (exact) mass is 967 g/mol. The van der Waals surface area contributed by atoms with E-state index in [1.54, 1.807) is 0 Å². The summed E-state index contributed by atoms with van der Waals surface area (Å²) in [4.78, 5) is 200. The van der Waals surface area contributed by atoms with Gasteiger partial charge in [-0.1, -0.05) is 6.82 Å². The Morgan fingerprint density at radius 2 is 0.538 bits per heavy atom. The molecule has 0 aliphatic heterocycles. The highest BCUT2D eigenvalue weighted by molar-refractivity contribution is 7.65. The summed E-state index contributed by atoms with van der Waals surface area (Å²) >= 11 is 0. The van der Waals surface area contributed by atoms with Crippen molar-refractivity contribution in [1.29, 1.82) is 0 Å². The van der Waals surface area contributed by atoms with Gasteiger partial charge >= 0.3 is 76.0 Å². The first-order chi connectivity index (χ1) is 22.1. The van der Waals surface area contributed by atoms with E-state index in [1.165, 1.54) is 0 Å². The zero-order valence-corrected chi connectivity index (χ0v) is 33.9. The van der Waals surface area contributed by atoms with Crippen LogP contribution in [0.15, 0.2) is 0 Å². The Hall–Kier alpha value is 1.56. The van der Waals surface area contributed by atoms with E-state index in [2.05, 4.69) is 0 Å². The van der Waals surface area contributed by atoms with Gasteiger partial charge in [0.1, 0.15) is 7.28 Å². The summed E-state index contributed by atoms with van der Waals surface area (Å²) in [7, 11) is -69.7. The largest absolute Gasteiger partial charge is 0.330 e. The smallest absolute Gasteiger partial charge is 0.325 e. The summed E-state index contributed by atoms with van der Waals surface area (Å²) in [5, 5.41) is 0. The summed E-state index contributed by atoms with van der Waals surface area (Å²) in [6.45, 7) is 0.478. The minimum absolute atomic E-state index is 0.0197. The van der Waals surface area contributed by atoms with Gasteiger partial charge in [-0.15, -0.1) is 0 Å². The molecule has 9 unspecified atom stereocenters. The van der Waals surface area contributed by atoms with Crippen LogP contribution in [0.25, 0.3) is 0 Å². The highest BCUT2D eigenvalue weighted by Crippen LogP contribution is 2.74. The zero-order valence-electron chi connectivity index (χ0n) is 25.0. The van der Waals surface area contributed by atoms with E-state index >= 15 is 0 Å². The van der Waals surface area contributed by atoms with Crippen molar-refractivity contribution in [3.05, 3.63) is 0 Å². The lowest BCUT2D eigenvalue weighted by Crippen LogP contribution is -2.56. The average Bonchev–Trinajstić information content (AvgIpc) is 2.75. The molecule has 311 valence electrons. The molecule has 0 amide bonds. The molecule has 1 radical (unpaired) electrons. The molecule has 0 aliphatic rings. The van der Waals surface area contributed by atoms with E-state index in [4.69, 9.17) is 0 Å². The molecule has 30 nitrogen and oxygen atoms in total. The van der Waals surface area contributed by atoms with Gasteiger partial charge < -0.3 is 97.9 Å². The van der Waals surface area contributed by atoms with Crippen molar-refractivity contribution in [2.45, 2.75) is 57.7 Å². The maximum atomic E-state index is 13.0. The van der Waals surface area contributed by atoms with Crippen LogP contribution < -0.4 is 0 Å². The van der Waals surface area contributed by atoms with Crippen LogP contribution in [0.5, 0.6) is 0 Å². The molecule has 0 heterocycles. The van der Waals surface area contributed by atoms with Gasteiger partial charge in [-0.05, 0) is 0 Å². The van der Waals surface area contributed by atoms with Crippen molar-refractivity contribution in [2.24, 2.45) is 0 Å². The van der Waals surface area contributed by atoms with Gasteiger partial charge in [-0.3, -0.25) is 45.7 Å². The second-order valence-electron chi connectivity index (χ2n) is 11.0. The van der Waals surface area contributed by atoms with Crippen molar-refractivity contribution in [2.75, 3.05) is 6.16 Å². The third-order valence-electron chi connectivity index (χ3n) is 7.15. The van der Waals surface area contributed by atoms with Gasteiger partial charge in [0.25, 0.3) is 0 Å². The fourth-order valence-electron chi connectivity index (χ4n) is 5.50. The Morgan fingerprint density at radius 1 is 0.327 bits per heavy atom. The van der Waals surface area contributed by atoms with Gasteiger partial charge in [0.05, 0.1) is 51.4 Å². The Balaban J connectivity index is 9.33. The maximum absolute atomic E-state index is 13.0. The van der Waals surface area contributed by atoms with E-state index in [-0.39, 0.29) is 7.28 Å². The molecular formula is C11H34BO30P10. The fourth-order valence-corrected chi connectivity index (χ4v) is 26.9. The molecule has 41 heteroatoms. The highest BCUT2D eigenvalue weighted by Gasteiger charge is 2.71. The van der Waals surface area contributed by atoms with Crippen LogP contribution in [0, 0.1) is 0 Å². The molecule has 0 spiro atoms. The normalized spacial score (nSPS) is 20.6. The number of hydrogen-bond donors (Lipinski definition) is 20. The summed E-state index contributed by atoms with van der Waals surface area (Å²) in [6.07, 6.45) is -2.60. The van der Waals surface area contributed by atoms with Crippen molar-refractivity contribution in [3.63, 3.8) is 0 Å². The molecule has 0 aromatic carbocycles. The lowest BCUT2D eigenvalue weighted by molar-refractivity contribution is 0.269. The molecule has 0 saturated heterocycles. The van der Waals surface area contributed by atoms with Crippen molar-refractivity contribution >= 4 is 83.2 Å². The van der Waals surface area contributed by atoms with Crippen LogP contribution in [0.1, 0.15) is 0 Å². The summed E-state index contributed by atoms with van der Waals surface area (Å²) in [5.74, 6) is 0. The predicted molar refractivity (Wildman–Crippen MR) is 171 cm³/mol. The molecule has 0 rings (SSSR count). The van der Waals surface area contributed by atoms with E-state index in [1.807, 2.05) is 0 Å².